The van der Waals surface area contributed by atoms with Gasteiger partial charge in [-0.3, -0.25) is 4.79 Å². The van der Waals surface area contributed by atoms with Gasteiger partial charge in [-0.05, 0) is 25.2 Å². The molecule has 1 aliphatic heterocycles. The summed E-state index contributed by atoms with van der Waals surface area (Å²) in [6.45, 7) is 4.40. The number of carbonyl (C=O) groups excluding carboxylic acids is 2. The lowest BCUT2D eigenvalue weighted by Crippen LogP contribution is -2.40. The van der Waals surface area contributed by atoms with E-state index in [0.29, 0.717) is 12.8 Å². The summed E-state index contributed by atoms with van der Waals surface area (Å²) in [6.07, 6.45) is 2.82. The van der Waals surface area contributed by atoms with E-state index in [1.54, 1.807) is 6.92 Å². The number of hydrogen-bond donors (Lipinski definition) is 0. The van der Waals surface area contributed by atoms with Gasteiger partial charge in [0.2, 0.25) is 5.91 Å². The summed E-state index contributed by atoms with van der Waals surface area (Å²) in [4.78, 5) is 23.9. The standard InChI is InChI=1S/C11H19NO3/c1-3-9(7-8(2)11(14)15)12-6-4-5-10(12)13/h8-9H,3-7H2,1-2H3,(H,14,15)/p-1. The molecule has 1 heterocycles. The molecule has 4 heteroatoms. The lowest BCUT2D eigenvalue weighted by molar-refractivity contribution is -0.311. The van der Waals surface area contributed by atoms with E-state index >= 15 is 0 Å². The topological polar surface area (TPSA) is 60.4 Å². The Kier molecular flexibility index (Phi) is 4.12. The highest BCUT2D eigenvalue weighted by Crippen LogP contribution is 2.20. The Labute approximate surface area is 90.3 Å². The number of rotatable bonds is 5. The predicted molar refractivity (Wildman–Crippen MR) is 53.8 cm³/mol. The first-order chi connectivity index (χ1) is 7.06. The Bertz CT molecular complexity index is 252. The lowest BCUT2D eigenvalue weighted by atomic mass is 9.99. The first kappa shape index (κ1) is 12.0. The summed E-state index contributed by atoms with van der Waals surface area (Å²) >= 11 is 0. The van der Waals surface area contributed by atoms with Crippen molar-refractivity contribution in [3.63, 3.8) is 0 Å². The number of aliphatic carboxylic acids is 1. The zero-order valence-electron chi connectivity index (χ0n) is 9.36. The van der Waals surface area contributed by atoms with Crippen LogP contribution < -0.4 is 5.11 Å². The number of hydrogen-bond acceptors (Lipinski definition) is 3. The summed E-state index contributed by atoms with van der Waals surface area (Å²) in [7, 11) is 0. The van der Waals surface area contributed by atoms with Gasteiger partial charge in [0.1, 0.15) is 0 Å². The highest BCUT2D eigenvalue weighted by atomic mass is 16.4. The molecule has 1 fully saturated rings. The minimum Gasteiger partial charge on any atom is -0.550 e. The van der Waals surface area contributed by atoms with E-state index in [1.807, 2.05) is 11.8 Å². The highest BCUT2D eigenvalue weighted by molar-refractivity contribution is 5.78. The summed E-state index contributed by atoms with van der Waals surface area (Å²) in [5.41, 5.74) is 0. The molecule has 0 radical (unpaired) electrons. The largest absolute Gasteiger partial charge is 0.550 e. The van der Waals surface area contributed by atoms with Crippen LogP contribution in [0.15, 0.2) is 0 Å². The molecule has 0 N–H and O–H groups in total. The molecule has 2 unspecified atom stereocenters. The highest BCUT2D eigenvalue weighted by Gasteiger charge is 2.27. The third-order valence-electron chi connectivity index (χ3n) is 3.05. The molecule has 2 atom stereocenters. The molecule has 1 amide bonds. The van der Waals surface area contributed by atoms with Gasteiger partial charge < -0.3 is 14.8 Å². The normalized spacial score (nSPS) is 20.4. The van der Waals surface area contributed by atoms with Gasteiger partial charge >= 0.3 is 0 Å². The van der Waals surface area contributed by atoms with E-state index < -0.39 is 11.9 Å². The van der Waals surface area contributed by atoms with Gasteiger partial charge in [0.05, 0.1) is 0 Å². The molecule has 0 saturated carbocycles. The number of carboxylic acid groups (broad SMARTS) is 1. The summed E-state index contributed by atoms with van der Waals surface area (Å²) < 4.78 is 0. The van der Waals surface area contributed by atoms with Crippen LogP contribution in [0.25, 0.3) is 0 Å². The second-order valence-corrected chi connectivity index (χ2v) is 4.21. The average molecular weight is 212 g/mol. The van der Waals surface area contributed by atoms with Gasteiger partial charge in [-0.25, -0.2) is 0 Å². The van der Waals surface area contributed by atoms with Crippen molar-refractivity contribution in [3.05, 3.63) is 0 Å². The third kappa shape index (κ3) is 2.94. The number of likely N-dealkylation sites (tertiary alicyclic amines) is 1. The molecule has 0 aliphatic carbocycles. The van der Waals surface area contributed by atoms with Crippen LogP contribution in [0, 0.1) is 5.92 Å². The van der Waals surface area contributed by atoms with Crippen molar-refractivity contribution in [3.8, 4) is 0 Å². The second kappa shape index (κ2) is 5.14. The Hall–Kier alpha value is -1.06. The molecule has 1 aliphatic rings. The van der Waals surface area contributed by atoms with E-state index in [-0.39, 0.29) is 11.9 Å². The molecule has 15 heavy (non-hydrogen) atoms. The minimum absolute atomic E-state index is 0.0629. The van der Waals surface area contributed by atoms with Crippen molar-refractivity contribution in [2.24, 2.45) is 5.92 Å². The number of nitrogens with zero attached hydrogens (tertiary/aromatic N) is 1. The molecule has 1 saturated heterocycles. The SMILES string of the molecule is CCC(CC(C)C(=O)[O-])N1CCCC1=O. The molecular formula is C11H18NO3-. The van der Waals surface area contributed by atoms with Gasteiger partial charge in [-0.1, -0.05) is 13.8 Å². The minimum atomic E-state index is -1.03. The van der Waals surface area contributed by atoms with E-state index in [0.717, 1.165) is 19.4 Å². The van der Waals surface area contributed by atoms with E-state index in [1.165, 1.54) is 0 Å². The molecule has 0 aromatic heterocycles. The van der Waals surface area contributed by atoms with Gasteiger partial charge in [-0.2, -0.15) is 0 Å². The summed E-state index contributed by atoms with van der Waals surface area (Å²) in [6, 6.07) is 0.0629. The van der Waals surface area contributed by atoms with E-state index in [2.05, 4.69) is 0 Å². The lowest BCUT2D eigenvalue weighted by Gasteiger charge is -2.29. The van der Waals surface area contributed by atoms with Gasteiger partial charge in [0, 0.05) is 25.0 Å². The molecule has 0 aromatic carbocycles. The fourth-order valence-corrected chi connectivity index (χ4v) is 2.07. The molecule has 86 valence electrons. The van der Waals surface area contributed by atoms with Crippen molar-refractivity contribution in [2.45, 2.75) is 45.6 Å². The van der Waals surface area contributed by atoms with Crippen LogP contribution in [0.4, 0.5) is 0 Å². The maximum atomic E-state index is 11.5. The van der Waals surface area contributed by atoms with Gasteiger partial charge in [0.15, 0.2) is 0 Å². The Balaban J connectivity index is 2.55. The maximum absolute atomic E-state index is 11.5. The fraction of sp³-hybridized carbons (Fsp3) is 0.818. The van der Waals surface area contributed by atoms with Crippen LogP contribution in [0.2, 0.25) is 0 Å². The first-order valence-corrected chi connectivity index (χ1v) is 5.56. The Morgan fingerprint density at radius 1 is 1.60 bits per heavy atom. The molecule has 0 spiro atoms. The van der Waals surface area contributed by atoms with Crippen LogP contribution in [-0.4, -0.2) is 29.4 Å². The first-order valence-electron chi connectivity index (χ1n) is 5.56. The third-order valence-corrected chi connectivity index (χ3v) is 3.05. The van der Waals surface area contributed by atoms with Crippen LogP contribution in [-0.2, 0) is 9.59 Å². The summed E-state index contributed by atoms with van der Waals surface area (Å²) in [5.74, 6) is -1.35. The number of carbonyl (C=O) groups is 2. The predicted octanol–water partition coefficient (Wildman–Crippen LogP) is 0.163. The summed E-state index contributed by atoms with van der Waals surface area (Å²) in [5, 5.41) is 10.6. The second-order valence-electron chi connectivity index (χ2n) is 4.21. The van der Waals surface area contributed by atoms with Crippen molar-refractivity contribution >= 4 is 11.9 Å². The average Bonchev–Trinajstić information content (AvgIpc) is 2.60. The van der Waals surface area contributed by atoms with Crippen molar-refractivity contribution in [1.29, 1.82) is 0 Å². The van der Waals surface area contributed by atoms with Crippen molar-refractivity contribution < 1.29 is 14.7 Å². The number of carboxylic acids is 1. The van der Waals surface area contributed by atoms with Gasteiger partial charge in [0.25, 0.3) is 0 Å². The molecule has 1 rings (SSSR count). The smallest absolute Gasteiger partial charge is 0.222 e. The quantitative estimate of drug-likeness (QED) is 0.652. The van der Waals surface area contributed by atoms with Crippen molar-refractivity contribution in [2.75, 3.05) is 6.54 Å². The zero-order valence-corrected chi connectivity index (χ0v) is 9.36. The van der Waals surface area contributed by atoms with Crippen LogP contribution in [0.3, 0.4) is 0 Å². The monoisotopic (exact) mass is 212 g/mol. The number of amides is 1. The maximum Gasteiger partial charge on any atom is 0.222 e. The van der Waals surface area contributed by atoms with Crippen LogP contribution in [0.5, 0.6) is 0 Å². The Morgan fingerprint density at radius 2 is 2.27 bits per heavy atom. The van der Waals surface area contributed by atoms with Crippen molar-refractivity contribution in [1.82, 2.24) is 4.90 Å². The molecule has 0 bridgehead atoms. The molecule has 0 aromatic rings. The Morgan fingerprint density at radius 3 is 2.67 bits per heavy atom. The van der Waals surface area contributed by atoms with Gasteiger partial charge in [-0.15, -0.1) is 0 Å². The molecular weight excluding hydrogens is 194 g/mol. The van der Waals surface area contributed by atoms with E-state index in [4.69, 9.17) is 0 Å². The van der Waals surface area contributed by atoms with E-state index in [9.17, 15) is 14.7 Å². The van der Waals surface area contributed by atoms with Crippen LogP contribution >= 0.6 is 0 Å². The van der Waals surface area contributed by atoms with Crippen LogP contribution in [0.1, 0.15) is 39.5 Å². The fourth-order valence-electron chi connectivity index (χ4n) is 2.07. The zero-order chi connectivity index (χ0) is 11.4. The molecule has 4 nitrogen and oxygen atoms in total.